The first kappa shape index (κ1) is 14.6. The van der Waals surface area contributed by atoms with E-state index in [1.54, 1.807) is 9.58 Å². The van der Waals surface area contributed by atoms with Gasteiger partial charge in [0.1, 0.15) is 11.3 Å². The monoisotopic (exact) mass is 279 g/mol. The minimum absolute atomic E-state index is 0.332. The van der Waals surface area contributed by atoms with Gasteiger partial charge in [-0.15, -0.1) is 0 Å². The molecule has 6 nitrogen and oxygen atoms in total. The molecule has 110 valence electrons. The first-order chi connectivity index (χ1) is 9.35. The van der Waals surface area contributed by atoms with Gasteiger partial charge in [-0.3, -0.25) is 9.48 Å². The molecular formula is C14H21N3O3. The molecule has 1 amide bonds. The first-order valence-electron chi connectivity index (χ1n) is 6.87. The standard InChI is InChI=1S/C14H21N3O3/c1-5-17-12(9-18)10-6-7-16(8-11(10)15-17)13(19)20-14(2,3)4/h9H,5-8H2,1-4H3. The number of ether oxygens (including phenoxy) is 1. The lowest BCUT2D eigenvalue weighted by Crippen LogP contribution is -2.39. The van der Waals surface area contributed by atoms with Crippen LogP contribution in [-0.4, -0.2) is 39.2 Å². The number of hydrogen-bond donors (Lipinski definition) is 0. The topological polar surface area (TPSA) is 64.4 Å². The molecule has 0 aliphatic carbocycles. The van der Waals surface area contributed by atoms with Gasteiger partial charge in [0.2, 0.25) is 0 Å². The molecule has 1 aromatic rings. The van der Waals surface area contributed by atoms with E-state index in [0.29, 0.717) is 31.7 Å². The quantitative estimate of drug-likeness (QED) is 0.777. The molecule has 0 atom stereocenters. The highest BCUT2D eigenvalue weighted by molar-refractivity contribution is 5.76. The lowest BCUT2D eigenvalue weighted by molar-refractivity contribution is 0.0221. The van der Waals surface area contributed by atoms with Crippen molar-refractivity contribution in [3.05, 3.63) is 17.0 Å². The molecule has 0 radical (unpaired) electrons. The maximum Gasteiger partial charge on any atom is 0.410 e. The summed E-state index contributed by atoms with van der Waals surface area (Å²) < 4.78 is 7.06. The van der Waals surface area contributed by atoms with E-state index >= 15 is 0 Å². The van der Waals surface area contributed by atoms with E-state index in [9.17, 15) is 9.59 Å². The van der Waals surface area contributed by atoms with Crippen LogP contribution in [0.25, 0.3) is 0 Å². The SMILES string of the molecule is CCn1nc2c(c1C=O)CCN(C(=O)OC(C)(C)C)C2. The summed E-state index contributed by atoms with van der Waals surface area (Å²) in [6.07, 6.45) is 1.16. The summed E-state index contributed by atoms with van der Waals surface area (Å²) in [5, 5.41) is 4.41. The normalized spacial score (nSPS) is 14.9. The Hall–Kier alpha value is -1.85. The predicted molar refractivity (Wildman–Crippen MR) is 73.6 cm³/mol. The van der Waals surface area contributed by atoms with Crippen molar-refractivity contribution in [3.8, 4) is 0 Å². The maximum absolute atomic E-state index is 12.1. The van der Waals surface area contributed by atoms with Crippen LogP contribution in [0.1, 0.15) is 49.4 Å². The van der Waals surface area contributed by atoms with Gasteiger partial charge in [-0.25, -0.2) is 4.79 Å². The van der Waals surface area contributed by atoms with E-state index in [4.69, 9.17) is 4.74 Å². The smallest absolute Gasteiger partial charge is 0.410 e. The third-order valence-electron chi connectivity index (χ3n) is 3.21. The van der Waals surface area contributed by atoms with Crippen LogP contribution in [0.3, 0.4) is 0 Å². The Morgan fingerprint density at radius 3 is 2.70 bits per heavy atom. The summed E-state index contributed by atoms with van der Waals surface area (Å²) in [7, 11) is 0. The van der Waals surface area contributed by atoms with E-state index in [2.05, 4.69) is 5.10 Å². The molecule has 2 rings (SSSR count). The number of hydrogen-bond acceptors (Lipinski definition) is 4. The number of amides is 1. The summed E-state index contributed by atoms with van der Waals surface area (Å²) in [6.45, 7) is 9.07. The minimum atomic E-state index is -0.506. The number of aromatic nitrogens is 2. The highest BCUT2D eigenvalue weighted by Crippen LogP contribution is 2.22. The van der Waals surface area contributed by atoms with Crippen LogP contribution in [0.5, 0.6) is 0 Å². The van der Waals surface area contributed by atoms with Gasteiger partial charge in [-0.2, -0.15) is 5.10 Å². The second-order valence-corrected chi connectivity index (χ2v) is 5.90. The zero-order valence-electron chi connectivity index (χ0n) is 12.5. The summed E-state index contributed by atoms with van der Waals surface area (Å²) in [4.78, 5) is 24.8. The first-order valence-corrected chi connectivity index (χ1v) is 6.87. The number of carbonyl (C=O) groups is 2. The van der Waals surface area contributed by atoms with E-state index in [-0.39, 0.29) is 6.09 Å². The lowest BCUT2D eigenvalue weighted by atomic mass is 10.1. The molecule has 1 aromatic heterocycles. The van der Waals surface area contributed by atoms with Crippen LogP contribution in [-0.2, 0) is 24.2 Å². The molecule has 0 N–H and O–H groups in total. The van der Waals surface area contributed by atoms with Crippen molar-refractivity contribution in [1.29, 1.82) is 0 Å². The second-order valence-electron chi connectivity index (χ2n) is 5.90. The maximum atomic E-state index is 12.1. The van der Waals surface area contributed by atoms with Crippen LogP contribution in [0.15, 0.2) is 0 Å². The number of nitrogens with zero attached hydrogens (tertiary/aromatic N) is 3. The van der Waals surface area contributed by atoms with Crippen LogP contribution in [0, 0.1) is 0 Å². The fourth-order valence-corrected chi connectivity index (χ4v) is 2.32. The molecule has 0 spiro atoms. The number of aryl methyl sites for hydroxylation is 1. The van der Waals surface area contributed by atoms with Gasteiger partial charge in [-0.1, -0.05) is 0 Å². The van der Waals surface area contributed by atoms with Crippen molar-refractivity contribution in [2.45, 2.75) is 52.8 Å². The highest BCUT2D eigenvalue weighted by atomic mass is 16.6. The molecule has 0 saturated carbocycles. The Balaban J connectivity index is 2.17. The molecule has 1 aliphatic rings. The van der Waals surface area contributed by atoms with Crippen molar-refractivity contribution in [2.24, 2.45) is 0 Å². The van der Waals surface area contributed by atoms with Crippen LogP contribution in [0.4, 0.5) is 4.79 Å². The fourth-order valence-electron chi connectivity index (χ4n) is 2.32. The Bertz CT molecular complexity index is 529. The van der Waals surface area contributed by atoms with Crippen LogP contribution in [0.2, 0.25) is 0 Å². The van der Waals surface area contributed by atoms with Gasteiger partial charge in [0.25, 0.3) is 0 Å². The molecule has 0 unspecified atom stereocenters. The van der Waals surface area contributed by atoms with E-state index in [0.717, 1.165) is 17.5 Å². The molecule has 0 bridgehead atoms. The molecule has 6 heteroatoms. The Morgan fingerprint density at radius 2 is 2.15 bits per heavy atom. The van der Waals surface area contributed by atoms with Gasteiger partial charge in [0.15, 0.2) is 6.29 Å². The molecule has 0 aromatic carbocycles. The van der Waals surface area contributed by atoms with Crippen LogP contribution >= 0.6 is 0 Å². The molecule has 20 heavy (non-hydrogen) atoms. The Kier molecular flexibility index (Phi) is 3.83. The largest absolute Gasteiger partial charge is 0.444 e. The van der Waals surface area contributed by atoms with Gasteiger partial charge in [-0.05, 0) is 34.1 Å². The highest BCUT2D eigenvalue weighted by Gasteiger charge is 2.29. The molecule has 2 heterocycles. The lowest BCUT2D eigenvalue weighted by Gasteiger charge is -2.29. The molecule has 0 fully saturated rings. The minimum Gasteiger partial charge on any atom is -0.444 e. The van der Waals surface area contributed by atoms with Crippen molar-refractivity contribution < 1.29 is 14.3 Å². The van der Waals surface area contributed by atoms with E-state index in [1.807, 2.05) is 27.7 Å². The Morgan fingerprint density at radius 1 is 1.45 bits per heavy atom. The second kappa shape index (κ2) is 5.26. The summed E-state index contributed by atoms with van der Waals surface area (Å²) in [5.41, 5.74) is 1.88. The molecule has 1 aliphatic heterocycles. The number of rotatable bonds is 2. The number of aldehydes is 1. The van der Waals surface area contributed by atoms with Crippen LogP contribution < -0.4 is 0 Å². The van der Waals surface area contributed by atoms with Crippen molar-refractivity contribution in [1.82, 2.24) is 14.7 Å². The van der Waals surface area contributed by atoms with Crippen molar-refractivity contribution in [2.75, 3.05) is 6.54 Å². The summed E-state index contributed by atoms with van der Waals surface area (Å²) >= 11 is 0. The van der Waals surface area contributed by atoms with Gasteiger partial charge >= 0.3 is 6.09 Å². The predicted octanol–water partition coefficient (Wildman–Crippen LogP) is 2.01. The number of carbonyl (C=O) groups excluding carboxylic acids is 2. The average Bonchev–Trinajstić information content (AvgIpc) is 2.73. The van der Waals surface area contributed by atoms with E-state index in [1.165, 1.54) is 0 Å². The fraction of sp³-hybridized carbons (Fsp3) is 0.643. The molecule has 0 saturated heterocycles. The number of fused-ring (bicyclic) bond motifs is 1. The van der Waals surface area contributed by atoms with Crippen molar-refractivity contribution in [3.63, 3.8) is 0 Å². The summed E-state index contributed by atoms with van der Waals surface area (Å²) in [5.74, 6) is 0. The van der Waals surface area contributed by atoms with Crippen molar-refractivity contribution >= 4 is 12.4 Å². The summed E-state index contributed by atoms with van der Waals surface area (Å²) in [6, 6.07) is 0. The van der Waals surface area contributed by atoms with Gasteiger partial charge in [0, 0.05) is 18.7 Å². The molecular weight excluding hydrogens is 258 g/mol. The van der Waals surface area contributed by atoms with Gasteiger partial charge in [0.05, 0.1) is 12.2 Å². The third kappa shape index (κ3) is 2.84. The zero-order chi connectivity index (χ0) is 14.9. The van der Waals surface area contributed by atoms with E-state index < -0.39 is 5.60 Å². The van der Waals surface area contributed by atoms with Gasteiger partial charge < -0.3 is 9.64 Å². The Labute approximate surface area is 118 Å². The average molecular weight is 279 g/mol. The third-order valence-corrected chi connectivity index (χ3v) is 3.21. The zero-order valence-corrected chi connectivity index (χ0v) is 12.5.